The van der Waals surface area contributed by atoms with E-state index >= 15 is 0 Å². The van der Waals surface area contributed by atoms with E-state index in [4.69, 9.17) is 4.74 Å². The number of non-ortho nitro benzene ring substituents is 1. The lowest BCUT2D eigenvalue weighted by molar-refractivity contribution is -0.384. The van der Waals surface area contributed by atoms with E-state index in [1.807, 2.05) is 47.8 Å². The molecule has 0 aliphatic heterocycles. The minimum atomic E-state index is -0.470. The number of anilines is 1. The first kappa shape index (κ1) is 25.1. The van der Waals surface area contributed by atoms with E-state index in [9.17, 15) is 19.7 Å². The molecule has 38 heavy (non-hydrogen) atoms. The minimum absolute atomic E-state index is 0.0757. The van der Waals surface area contributed by atoms with Gasteiger partial charge in [-0.05, 0) is 40.8 Å². The van der Waals surface area contributed by atoms with Gasteiger partial charge < -0.3 is 15.4 Å². The van der Waals surface area contributed by atoms with Crippen LogP contribution in [-0.4, -0.2) is 16.7 Å². The molecule has 0 radical (unpaired) electrons. The summed E-state index contributed by atoms with van der Waals surface area (Å²) in [7, 11) is 0. The van der Waals surface area contributed by atoms with Crippen LogP contribution in [0.15, 0.2) is 90.3 Å². The Morgan fingerprint density at radius 1 is 0.895 bits per heavy atom. The Morgan fingerprint density at radius 2 is 1.71 bits per heavy atom. The third-order valence-corrected chi connectivity index (χ3v) is 7.67. The van der Waals surface area contributed by atoms with Gasteiger partial charge in [-0.25, -0.2) is 0 Å². The fraction of sp³-hybridized carbons (Fsp3) is 0.0714. The van der Waals surface area contributed by atoms with E-state index in [0.717, 1.165) is 11.1 Å². The molecule has 10 heteroatoms. The summed E-state index contributed by atoms with van der Waals surface area (Å²) in [6, 6.07) is 24.8. The number of hydrogen-bond donors (Lipinski definition) is 2. The van der Waals surface area contributed by atoms with Gasteiger partial charge in [-0.3, -0.25) is 19.7 Å². The van der Waals surface area contributed by atoms with Crippen molar-refractivity contribution in [3.8, 4) is 5.75 Å². The van der Waals surface area contributed by atoms with Crippen molar-refractivity contribution < 1.29 is 19.2 Å². The number of carbonyl (C=O) groups is 2. The molecule has 0 aliphatic carbocycles. The van der Waals surface area contributed by atoms with Gasteiger partial charge in [0.1, 0.15) is 11.5 Å². The van der Waals surface area contributed by atoms with Crippen LogP contribution in [0.4, 0.5) is 11.4 Å². The zero-order chi connectivity index (χ0) is 26.5. The molecule has 0 bridgehead atoms. The quantitative estimate of drug-likeness (QED) is 0.160. The van der Waals surface area contributed by atoms with Crippen LogP contribution in [0.1, 0.15) is 30.5 Å². The van der Waals surface area contributed by atoms with E-state index in [2.05, 4.69) is 10.6 Å². The topological polar surface area (TPSA) is 111 Å². The maximum atomic E-state index is 13.3. The van der Waals surface area contributed by atoms with Crippen LogP contribution < -0.4 is 15.4 Å². The molecule has 8 nitrogen and oxygen atoms in total. The average molecular weight is 544 g/mol. The van der Waals surface area contributed by atoms with Gasteiger partial charge in [0.2, 0.25) is 0 Å². The van der Waals surface area contributed by atoms with Crippen LogP contribution in [0.25, 0.3) is 10.1 Å². The lowest BCUT2D eigenvalue weighted by atomic mass is 10.2. The Morgan fingerprint density at radius 3 is 2.47 bits per heavy atom. The number of nitrogens with zero attached hydrogens (tertiary/aromatic N) is 1. The van der Waals surface area contributed by atoms with Crippen molar-refractivity contribution in [3.63, 3.8) is 0 Å². The highest BCUT2D eigenvalue weighted by Crippen LogP contribution is 2.40. The monoisotopic (exact) mass is 543 g/mol. The second-order valence-electron chi connectivity index (χ2n) is 8.29. The summed E-state index contributed by atoms with van der Waals surface area (Å²) >= 11 is 2.57. The predicted octanol–water partition coefficient (Wildman–Crippen LogP) is 6.63. The number of benzene rings is 3. The summed E-state index contributed by atoms with van der Waals surface area (Å²) in [6.07, 6.45) is 0. The Bertz CT molecular complexity index is 1610. The molecule has 5 rings (SSSR count). The summed E-state index contributed by atoms with van der Waals surface area (Å²) in [4.78, 5) is 37.5. The number of carbonyl (C=O) groups excluding carboxylic acids is 2. The van der Waals surface area contributed by atoms with Crippen molar-refractivity contribution in [1.29, 1.82) is 0 Å². The normalized spacial score (nSPS) is 10.7. The molecule has 0 saturated carbocycles. The van der Waals surface area contributed by atoms with Crippen molar-refractivity contribution >= 4 is 55.9 Å². The largest absolute Gasteiger partial charge is 0.487 e. The summed E-state index contributed by atoms with van der Waals surface area (Å²) in [5.74, 6) is -0.238. The number of nitro benzene ring substituents is 1. The molecule has 5 aromatic rings. The van der Waals surface area contributed by atoms with Crippen LogP contribution in [0.3, 0.4) is 0 Å². The van der Waals surface area contributed by atoms with Gasteiger partial charge >= 0.3 is 0 Å². The fourth-order valence-corrected chi connectivity index (χ4v) is 5.48. The van der Waals surface area contributed by atoms with Crippen LogP contribution >= 0.6 is 22.7 Å². The Labute approximate surface area is 225 Å². The fourth-order valence-electron chi connectivity index (χ4n) is 3.82. The lowest BCUT2D eigenvalue weighted by Crippen LogP contribution is -2.22. The predicted molar refractivity (Wildman–Crippen MR) is 149 cm³/mol. The van der Waals surface area contributed by atoms with Gasteiger partial charge in [-0.15, -0.1) is 22.7 Å². The molecule has 2 aromatic heterocycles. The summed E-state index contributed by atoms with van der Waals surface area (Å²) < 4.78 is 6.77. The molecular formula is C28H21N3O5S2. The molecule has 0 aliphatic rings. The van der Waals surface area contributed by atoms with E-state index in [-0.39, 0.29) is 30.7 Å². The highest BCUT2D eigenvalue weighted by Gasteiger charge is 2.22. The third kappa shape index (κ3) is 5.72. The Balaban J connectivity index is 1.35. The van der Waals surface area contributed by atoms with Gasteiger partial charge in [0, 0.05) is 34.5 Å². The first-order chi connectivity index (χ1) is 18.5. The molecule has 0 saturated heterocycles. The highest BCUT2D eigenvalue weighted by atomic mass is 32.1. The van der Waals surface area contributed by atoms with Crippen molar-refractivity contribution in [2.45, 2.75) is 13.2 Å². The van der Waals surface area contributed by atoms with Crippen LogP contribution in [0.5, 0.6) is 5.75 Å². The number of rotatable bonds is 9. The minimum Gasteiger partial charge on any atom is -0.487 e. The Kier molecular flexibility index (Phi) is 7.43. The molecular weight excluding hydrogens is 522 g/mol. The first-order valence-electron chi connectivity index (χ1n) is 11.6. The van der Waals surface area contributed by atoms with Crippen molar-refractivity contribution in [2.75, 3.05) is 5.32 Å². The zero-order valence-corrected chi connectivity index (χ0v) is 21.5. The van der Waals surface area contributed by atoms with Gasteiger partial charge in [-0.1, -0.05) is 48.5 Å². The van der Waals surface area contributed by atoms with Gasteiger partial charge in [0.15, 0.2) is 5.75 Å². The van der Waals surface area contributed by atoms with Crippen molar-refractivity contribution in [3.05, 3.63) is 121 Å². The standard InChI is InChI=1S/C28H21N3O5S2/c32-27(24-10-5-13-37-24)30-20-9-4-8-19(14-20)16-29-28(33)26-25(36-17-18-6-2-1-3-7-18)22-15-21(31(34)35)11-12-23(22)38-26/h1-15H,16-17H2,(H,29,33)(H,30,32). The number of nitro groups is 1. The van der Waals surface area contributed by atoms with E-state index in [1.54, 1.807) is 30.3 Å². The summed E-state index contributed by atoms with van der Waals surface area (Å²) in [6.45, 7) is 0.426. The van der Waals surface area contributed by atoms with Crippen LogP contribution in [-0.2, 0) is 13.2 Å². The average Bonchev–Trinajstić information content (AvgIpc) is 3.60. The van der Waals surface area contributed by atoms with Crippen LogP contribution in [0, 0.1) is 10.1 Å². The zero-order valence-electron chi connectivity index (χ0n) is 19.9. The van der Waals surface area contributed by atoms with Crippen molar-refractivity contribution in [1.82, 2.24) is 5.32 Å². The molecule has 2 amide bonds. The smallest absolute Gasteiger partial charge is 0.270 e. The lowest BCUT2D eigenvalue weighted by Gasteiger charge is -2.10. The highest BCUT2D eigenvalue weighted by molar-refractivity contribution is 7.21. The number of amides is 2. The van der Waals surface area contributed by atoms with Crippen molar-refractivity contribution in [2.24, 2.45) is 0 Å². The molecule has 190 valence electrons. The van der Waals surface area contributed by atoms with Gasteiger partial charge in [0.05, 0.1) is 9.80 Å². The van der Waals surface area contributed by atoms with E-state index < -0.39 is 4.92 Å². The third-order valence-electron chi connectivity index (χ3n) is 5.65. The number of hydrogen-bond acceptors (Lipinski definition) is 7. The van der Waals surface area contributed by atoms with E-state index in [0.29, 0.717) is 31.3 Å². The maximum Gasteiger partial charge on any atom is 0.270 e. The molecule has 2 N–H and O–H groups in total. The number of thiophene rings is 2. The second-order valence-corrected chi connectivity index (χ2v) is 10.3. The summed E-state index contributed by atoms with van der Waals surface area (Å²) in [5.41, 5.74) is 2.25. The molecule has 3 aromatic carbocycles. The number of fused-ring (bicyclic) bond motifs is 1. The van der Waals surface area contributed by atoms with Gasteiger partial charge in [-0.2, -0.15) is 0 Å². The molecule has 0 fully saturated rings. The number of nitrogens with one attached hydrogen (secondary N) is 2. The molecule has 2 heterocycles. The second kappa shape index (κ2) is 11.2. The van der Waals surface area contributed by atoms with Gasteiger partial charge in [0.25, 0.3) is 17.5 Å². The maximum absolute atomic E-state index is 13.3. The summed E-state index contributed by atoms with van der Waals surface area (Å²) in [5, 5.41) is 19.5. The molecule has 0 spiro atoms. The Hall–Kier alpha value is -4.54. The number of ether oxygens (including phenoxy) is 1. The van der Waals surface area contributed by atoms with E-state index in [1.165, 1.54) is 34.8 Å². The molecule has 0 unspecified atom stereocenters. The van der Waals surface area contributed by atoms with Crippen LogP contribution in [0.2, 0.25) is 0 Å². The SMILES string of the molecule is O=C(Nc1cccc(CNC(=O)c2sc3ccc([N+](=O)[O-])cc3c2OCc2ccccc2)c1)c1cccs1. The first-order valence-corrected chi connectivity index (χ1v) is 13.3. The molecule has 0 atom stereocenters.